The number of ketones is 1. The Morgan fingerprint density at radius 2 is 1.74 bits per heavy atom. The Hall–Kier alpha value is -3.93. The zero-order valence-electron chi connectivity index (χ0n) is 18.7. The summed E-state index contributed by atoms with van der Waals surface area (Å²) in [5.41, 5.74) is 2.69. The van der Waals surface area contributed by atoms with Gasteiger partial charge in [-0.15, -0.1) is 0 Å². The van der Waals surface area contributed by atoms with Crippen molar-refractivity contribution in [3.8, 4) is 11.5 Å². The van der Waals surface area contributed by atoms with E-state index >= 15 is 0 Å². The number of aryl methyl sites for hydroxylation is 1. The van der Waals surface area contributed by atoms with Crippen LogP contribution in [0.4, 0.5) is 4.39 Å². The van der Waals surface area contributed by atoms with Gasteiger partial charge in [0.15, 0.2) is 17.7 Å². The molecule has 0 amide bonds. The highest BCUT2D eigenvalue weighted by Crippen LogP contribution is 2.32. The minimum atomic E-state index is -1.02. The second kappa shape index (κ2) is 9.14. The molecular weight excluding hydrogens is 435 g/mol. The second-order valence-electron chi connectivity index (χ2n) is 8.33. The van der Waals surface area contributed by atoms with E-state index in [1.54, 1.807) is 36.4 Å². The first-order valence-electron chi connectivity index (χ1n) is 11.2. The number of Topliss-reactive ketones (excluding diaryl/α,β-unsaturated/α-hetero) is 1. The molecule has 1 atom stereocenters. The molecule has 5 nitrogen and oxygen atoms in total. The predicted octanol–water partition coefficient (Wildman–Crippen LogP) is 5.82. The number of hydrogen-bond donors (Lipinski definition) is 0. The normalized spacial score (nSPS) is 13.8. The average molecular weight is 458 g/mol. The number of halogens is 1. The number of ether oxygens (including phenoxy) is 2. The number of rotatable bonds is 6. The molecule has 5 rings (SSSR count). The maximum atomic E-state index is 14.3. The molecule has 0 unspecified atom stereocenters. The molecule has 6 heteroatoms. The molecule has 1 aliphatic carbocycles. The van der Waals surface area contributed by atoms with E-state index in [9.17, 15) is 14.0 Å². The van der Waals surface area contributed by atoms with Crippen LogP contribution in [0.15, 0.2) is 75.9 Å². The van der Waals surface area contributed by atoms with Gasteiger partial charge in [0.05, 0.1) is 7.11 Å². The number of benzene rings is 3. The fourth-order valence-corrected chi connectivity index (χ4v) is 4.51. The third-order valence-electron chi connectivity index (χ3n) is 6.23. The highest BCUT2D eigenvalue weighted by molar-refractivity contribution is 6.00. The summed E-state index contributed by atoms with van der Waals surface area (Å²) in [6.07, 6.45) is 2.57. The number of methoxy groups -OCH3 is 1. The molecule has 1 aromatic heterocycles. The highest BCUT2D eigenvalue weighted by Gasteiger charge is 2.26. The predicted molar refractivity (Wildman–Crippen MR) is 126 cm³/mol. The molecule has 0 fully saturated rings. The van der Waals surface area contributed by atoms with Crippen LogP contribution in [0.2, 0.25) is 0 Å². The SMILES string of the molecule is COc1ccc(C(=O)[C@@H](Oc2ccc3c4c(c(=O)oc3c2)CCCC4)c2ccccc2)cc1F. The van der Waals surface area contributed by atoms with Gasteiger partial charge in [-0.1, -0.05) is 30.3 Å². The van der Waals surface area contributed by atoms with Crippen molar-refractivity contribution < 1.29 is 23.1 Å². The summed E-state index contributed by atoms with van der Waals surface area (Å²) in [7, 11) is 1.37. The molecule has 0 N–H and O–H groups in total. The van der Waals surface area contributed by atoms with Crippen LogP contribution in [0.5, 0.6) is 11.5 Å². The maximum absolute atomic E-state index is 14.3. The van der Waals surface area contributed by atoms with Gasteiger partial charge in [0.2, 0.25) is 5.78 Å². The summed E-state index contributed by atoms with van der Waals surface area (Å²) in [6, 6.07) is 18.4. The van der Waals surface area contributed by atoms with Crippen LogP contribution >= 0.6 is 0 Å². The van der Waals surface area contributed by atoms with Crippen LogP contribution in [0.1, 0.15) is 46.0 Å². The van der Waals surface area contributed by atoms with Crippen molar-refractivity contribution in [2.24, 2.45) is 0 Å². The Balaban J connectivity index is 1.53. The Kier molecular flexibility index (Phi) is 5.88. The molecule has 1 heterocycles. The Morgan fingerprint density at radius 3 is 2.47 bits per heavy atom. The first kappa shape index (κ1) is 21.9. The zero-order chi connectivity index (χ0) is 23.7. The zero-order valence-corrected chi connectivity index (χ0v) is 18.7. The number of carbonyl (C=O) groups is 1. The molecular formula is C28H23FO5. The summed E-state index contributed by atoms with van der Waals surface area (Å²) in [4.78, 5) is 25.9. The van der Waals surface area contributed by atoms with Crippen molar-refractivity contribution >= 4 is 16.8 Å². The van der Waals surface area contributed by atoms with E-state index in [4.69, 9.17) is 13.9 Å². The Labute approximate surface area is 195 Å². The fourth-order valence-electron chi connectivity index (χ4n) is 4.51. The average Bonchev–Trinajstić information content (AvgIpc) is 2.87. The largest absolute Gasteiger partial charge is 0.494 e. The molecule has 0 aliphatic heterocycles. The molecule has 3 aromatic carbocycles. The third kappa shape index (κ3) is 4.07. The van der Waals surface area contributed by atoms with E-state index in [1.807, 2.05) is 12.1 Å². The second-order valence-corrected chi connectivity index (χ2v) is 8.33. The van der Waals surface area contributed by atoms with E-state index in [0.29, 0.717) is 16.9 Å². The van der Waals surface area contributed by atoms with Gasteiger partial charge in [0.25, 0.3) is 0 Å². The van der Waals surface area contributed by atoms with Gasteiger partial charge < -0.3 is 13.9 Å². The monoisotopic (exact) mass is 458 g/mol. The van der Waals surface area contributed by atoms with E-state index in [2.05, 4.69) is 0 Å². The van der Waals surface area contributed by atoms with Crippen molar-refractivity contribution in [2.75, 3.05) is 7.11 Å². The highest BCUT2D eigenvalue weighted by atomic mass is 19.1. The van der Waals surface area contributed by atoms with Crippen molar-refractivity contribution in [3.05, 3.63) is 105 Å². The van der Waals surface area contributed by atoms with Gasteiger partial charge in [-0.25, -0.2) is 9.18 Å². The molecule has 172 valence electrons. The Morgan fingerprint density at radius 1 is 0.971 bits per heavy atom. The van der Waals surface area contributed by atoms with Gasteiger partial charge in [0, 0.05) is 28.1 Å². The van der Waals surface area contributed by atoms with Gasteiger partial charge in [-0.05, 0) is 61.6 Å². The first-order valence-corrected chi connectivity index (χ1v) is 11.2. The summed E-state index contributed by atoms with van der Waals surface area (Å²) < 4.78 is 31.0. The summed E-state index contributed by atoms with van der Waals surface area (Å²) >= 11 is 0. The lowest BCUT2D eigenvalue weighted by Crippen LogP contribution is -2.19. The third-order valence-corrected chi connectivity index (χ3v) is 6.23. The van der Waals surface area contributed by atoms with Crippen molar-refractivity contribution in [3.63, 3.8) is 0 Å². The molecule has 0 saturated heterocycles. The number of carbonyl (C=O) groups excluding carboxylic acids is 1. The molecule has 0 spiro atoms. The van der Waals surface area contributed by atoms with E-state index < -0.39 is 17.7 Å². The van der Waals surface area contributed by atoms with E-state index in [1.165, 1.54) is 19.2 Å². The minimum absolute atomic E-state index is 0.0571. The summed E-state index contributed by atoms with van der Waals surface area (Å²) in [6.45, 7) is 0. The quantitative estimate of drug-likeness (QED) is 0.269. The fraction of sp³-hybridized carbons (Fsp3) is 0.214. The van der Waals surface area contributed by atoms with Gasteiger partial charge >= 0.3 is 5.63 Å². The molecule has 34 heavy (non-hydrogen) atoms. The van der Waals surface area contributed by atoms with Crippen LogP contribution in [0.25, 0.3) is 11.0 Å². The first-order chi connectivity index (χ1) is 16.5. The van der Waals surface area contributed by atoms with Gasteiger partial charge in [0.1, 0.15) is 11.3 Å². The summed E-state index contributed by atoms with van der Waals surface area (Å²) in [5, 5.41) is 0.890. The lowest BCUT2D eigenvalue weighted by Gasteiger charge is -2.20. The van der Waals surface area contributed by atoms with Gasteiger partial charge in [-0.2, -0.15) is 0 Å². The number of fused-ring (bicyclic) bond motifs is 3. The van der Waals surface area contributed by atoms with Crippen LogP contribution < -0.4 is 15.1 Å². The Bertz CT molecular complexity index is 1420. The summed E-state index contributed by atoms with van der Waals surface area (Å²) in [5.74, 6) is -0.596. The number of hydrogen-bond acceptors (Lipinski definition) is 5. The topological polar surface area (TPSA) is 65.7 Å². The van der Waals surface area contributed by atoms with E-state index in [-0.39, 0.29) is 16.9 Å². The van der Waals surface area contributed by atoms with Crippen LogP contribution in [-0.2, 0) is 12.8 Å². The molecule has 0 saturated carbocycles. The molecule has 0 bridgehead atoms. The standard InChI is InChI=1S/C28H23FO5/c1-32-24-14-11-18(15-23(24)29)26(30)27(17-7-3-2-4-8-17)33-19-12-13-21-20-9-5-6-10-22(20)28(31)34-25(21)16-19/h2-4,7-8,11-16,27H,5-6,9-10H2,1H3/t27-/m0/s1. The van der Waals surface area contributed by atoms with Crippen LogP contribution in [0.3, 0.4) is 0 Å². The molecule has 0 radical (unpaired) electrons. The van der Waals surface area contributed by atoms with Crippen LogP contribution in [0, 0.1) is 5.82 Å². The maximum Gasteiger partial charge on any atom is 0.339 e. The lowest BCUT2D eigenvalue weighted by atomic mass is 9.91. The smallest absolute Gasteiger partial charge is 0.339 e. The van der Waals surface area contributed by atoms with Gasteiger partial charge in [-0.3, -0.25) is 4.79 Å². The van der Waals surface area contributed by atoms with Crippen molar-refractivity contribution in [1.29, 1.82) is 0 Å². The lowest BCUT2D eigenvalue weighted by molar-refractivity contribution is 0.0792. The van der Waals surface area contributed by atoms with Crippen molar-refractivity contribution in [2.45, 2.75) is 31.8 Å². The van der Waals surface area contributed by atoms with Crippen LogP contribution in [-0.4, -0.2) is 12.9 Å². The minimum Gasteiger partial charge on any atom is -0.494 e. The van der Waals surface area contributed by atoms with Crippen molar-refractivity contribution in [1.82, 2.24) is 0 Å². The molecule has 1 aliphatic rings. The molecule has 4 aromatic rings. The van der Waals surface area contributed by atoms with E-state index in [0.717, 1.165) is 48.3 Å².